The molecule has 2 aromatic rings. The van der Waals surface area contributed by atoms with Crippen molar-refractivity contribution in [3.63, 3.8) is 0 Å². The Labute approximate surface area is 157 Å². The molecule has 0 aliphatic rings. The summed E-state index contributed by atoms with van der Waals surface area (Å²) in [4.78, 5) is 23.5. The summed E-state index contributed by atoms with van der Waals surface area (Å²) in [5.74, 6) is 0.570. The minimum Gasteiger partial charge on any atom is -0.493 e. The molecule has 1 N–H and O–H groups in total. The smallest absolute Gasteiger partial charge is 0.293 e. The Morgan fingerprint density at radius 3 is 2.07 bits per heavy atom. The van der Waals surface area contributed by atoms with E-state index < -0.39 is 10.8 Å². The molecule has 0 bridgehead atoms. The van der Waals surface area contributed by atoms with Gasteiger partial charge in [0, 0.05) is 11.6 Å². The van der Waals surface area contributed by atoms with Crippen molar-refractivity contribution in [3.8, 4) is 17.2 Å². The number of nitrogens with zero attached hydrogens (tertiary/aromatic N) is 1. The molecular weight excluding hydrogens is 352 g/mol. The minimum atomic E-state index is -0.533. The number of ether oxygens (including phenoxy) is 3. The third-order valence-electron chi connectivity index (χ3n) is 4.06. The molecule has 0 radical (unpaired) electrons. The second kappa shape index (κ2) is 8.39. The van der Waals surface area contributed by atoms with Crippen molar-refractivity contribution < 1.29 is 23.9 Å². The van der Waals surface area contributed by atoms with Crippen LogP contribution in [0.4, 0.5) is 11.4 Å². The lowest BCUT2D eigenvalue weighted by Crippen LogP contribution is -2.14. The fourth-order valence-corrected chi connectivity index (χ4v) is 2.57. The van der Waals surface area contributed by atoms with Gasteiger partial charge in [-0.1, -0.05) is 19.9 Å². The van der Waals surface area contributed by atoms with Gasteiger partial charge < -0.3 is 19.5 Å². The van der Waals surface area contributed by atoms with Gasteiger partial charge in [0.15, 0.2) is 11.5 Å². The molecule has 0 spiro atoms. The van der Waals surface area contributed by atoms with Crippen LogP contribution in [-0.4, -0.2) is 32.2 Å². The third kappa shape index (κ3) is 4.28. The molecule has 0 heterocycles. The fraction of sp³-hybridized carbons (Fsp3) is 0.316. The van der Waals surface area contributed by atoms with E-state index in [-0.39, 0.29) is 22.9 Å². The molecule has 0 aliphatic heterocycles. The average molecular weight is 374 g/mol. The van der Waals surface area contributed by atoms with Crippen LogP contribution in [0.15, 0.2) is 30.3 Å². The Morgan fingerprint density at radius 1 is 1.04 bits per heavy atom. The fourth-order valence-electron chi connectivity index (χ4n) is 2.57. The SMILES string of the molecule is COc1cc(C(=O)Nc2ccc(C(C)C)cc2[N+](=O)[O-])cc(OC)c1OC. The topological polar surface area (TPSA) is 99.9 Å². The predicted octanol–water partition coefficient (Wildman–Crippen LogP) is 4.00. The highest BCUT2D eigenvalue weighted by atomic mass is 16.6. The second-order valence-electron chi connectivity index (χ2n) is 6.06. The number of anilines is 1. The number of amides is 1. The van der Waals surface area contributed by atoms with Crippen LogP contribution in [0.1, 0.15) is 35.7 Å². The van der Waals surface area contributed by atoms with Gasteiger partial charge in [0.25, 0.3) is 11.6 Å². The van der Waals surface area contributed by atoms with Crippen LogP contribution in [0.2, 0.25) is 0 Å². The summed E-state index contributed by atoms with van der Waals surface area (Å²) in [5, 5.41) is 14.0. The molecule has 0 unspecified atom stereocenters. The largest absolute Gasteiger partial charge is 0.493 e. The van der Waals surface area contributed by atoms with Crippen molar-refractivity contribution in [1.29, 1.82) is 0 Å². The van der Waals surface area contributed by atoms with E-state index >= 15 is 0 Å². The molecule has 2 aromatic carbocycles. The van der Waals surface area contributed by atoms with Crippen molar-refractivity contribution in [2.75, 3.05) is 26.6 Å². The Hall–Kier alpha value is -3.29. The van der Waals surface area contributed by atoms with Gasteiger partial charge in [0.1, 0.15) is 5.69 Å². The number of hydrogen-bond acceptors (Lipinski definition) is 6. The van der Waals surface area contributed by atoms with Gasteiger partial charge in [-0.3, -0.25) is 14.9 Å². The van der Waals surface area contributed by atoms with E-state index in [1.165, 1.54) is 45.6 Å². The molecule has 27 heavy (non-hydrogen) atoms. The number of nitro benzene ring substituents is 1. The zero-order valence-electron chi connectivity index (χ0n) is 15.9. The maximum absolute atomic E-state index is 12.7. The number of carbonyl (C=O) groups excluding carboxylic acids is 1. The van der Waals surface area contributed by atoms with Gasteiger partial charge in [-0.05, 0) is 29.7 Å². The molecule has 0 saturated carbocycles. The van der Waals surface area contributed by atoms with E-state index in [2.05, 4.69) is 5.32 Å². The molecule has 8 nitrogen and oxygen atoms in total. The Bertz CT molecular complexity index is 838. The van der Waals surface area contributed by atoms with E-state index in [1.807, 2.05) is 13.8 Å². The van der Waals surface area contributed by atoms with E-state index in [0.29, 0.717) is 17.2 Å². The van der Waals surface area contributed by atoms with E-state index in [0.717, 1.165) is 5.56 Å². The minimum absolute atomic E-state index is 0.114. The van der Waals surface area contributed by atoms with E-state index in [1.54, 1.807) is 6.07 Å². The van der Waals surface area contributed by atoms with Gasteiger partial charge in [-0.25, -0.2) is 0 Å². The summed E-state index contributed by atoms with van der Waals surface area (Å²) >= 11 is 0. The van der Waals surface area contributed by atoms with Crippen LogP contribution in [0.5, 0.6) is 17.2 Å². The first kappa shape index (κ1) is 20.0. The van der Waals surface area contributed by atoms with Crippen molar-refractivity contribution in [2.45, 2.75) is 19.8 Å². The summed E-state index contributed by atoms with van der Waals surface area (Å²) in [5.41, 5.74) is 0.976. The maximum atomic E-state index is 12.7. The number of nitro groups is 1. The van der Waals surface area contributed by atoms with Gasteiger partial charge in [0.05, 0.1) is 26.3 Å². The Kier molecular flexibility index (Phi) is 6.23. The summed E-state index contributed by atoms with van der Waals surface area (Å²) < 4.78 is 15.7. The van der Waals surface area contributed by atoms with Crippen LogP contribution < -0.4 is 19.5 Å². The Morgan fingerprint density at radius 2 is 1.63 bits per heavy atom. The number of hydrogen-bond donors (Lipinski definition) is 1. The monoisotopic (exact) mass is 374 g/mol. The molecule has 1 amide bonds. The quantitative estimate of drug-likeness (QED) is 0.581. The average Bonchev–Trinajstić information content (AvgIpc) is 2.66. The summed E-state index contributed by atoms with van der Waals surface area (Å²) in [6.07, 6.45) is 0. The van der Waals surface area contributed by atoms with Crippen molar-refractivity contribution in [2.24, 2.45) is 0 Å². The lowest BCUT2D eigenvalue weighted by atomic mass is 10.0. The highest BCUT2D eigenvalue weighted by Crippen LogP contribution is 2.38. The van der Waals surface area contributed by atoms with E-state index in [9.17, 15) is 14.9 Å². The molecular formula is C19H22N2O6. The first-order chi connectivity index (χ1) is 12.8. The van der Waals surface area contributed by atoms with Crippen LogP contribution in [-0.2, 0) is 0 Å². The van der Waals surface area contributed by atoms with Crippen LogP contribution in [0.3, 0.4) is 0 Å². The van der Waals surface area contributed by atoms with Crippen molar-refractivity contribution in [1.82, 2.24) is 0 Å². The summed E-state index contributed by atoms with van der Waals surface area (Å²) in [6.45, 7) is 3.88. The van der Waals surface area contributed by atoms with Crippen molar-refractivity contribution in [3.05, 3.63) is 51.6 Å². The van der Waals surface area contributed by atoms with Crippen LogP contribution in [0.25, 0.3) is 0 Å². The highest BCUT2D eigenvalue weighted by molar-refractivity contribution is 6.06. The number of carbonyl (C=O) groups is 1. The lowest BCUT2D eigenvalue weighted by molar-refractivity contribution is -0.384. The lowest BCUT2D eigenvalue weighted by Gasteiger charge is -2.14. The third-order valence-corrected chi connectivity index (χ3v) is 4.06. The second-order valence-corrected chi connectivity index (χ2v) is 6.06. The van der Waals surface area contributed by atoms with Crippen molar-refractivity contribution >= 4 is 17.3 Å². The molecule has 0 aliphatic carbocycles. The van der Waals surface area contributed by atoms with Crippen LogP contribution >= 0.6 is 0 Å². The zero-order valence-corrected chi connectivity index (χ0v) is 15.9. The van der Waals surface area contributed by atoms with Gasteiger partial charge >= 0.3 is 0 Å². The number of benzene rings is 2. The Balaban J connectivity index is 2.41. The highest BCUT2D eigenvalue weighted by Gasteiger charge is 2.21. The van der Waals surface area contributed by atoms with Gasteiger partial charge in [-0.15, -0.1) is 0 Å². The van der Waals surface area contributed by atoms with E-state index in [4.69, 9.17) is 14.2 Å². The molecule has 2 rings (SSSR count). The number of nitrogens with one attached hydrogen (secondary N) is 1. The molecule has 0 atom stereocenters. The number of rotatable bonds is 7. The molecule has 144 valence electrons. The van der Waals surface area contributed by atoms with Gasteiger partial charge in [-0.2, -0.15) is 0 Å². The molecule has 8 heteroatoms. The predicted molar refractivity (Wildman–Crippen MR) is 101 cm³/mol. The van der Waals surface area contributed by atoms with Gasteiger partial charge in [0.2, 0.25) is 5.75 Å². The first-order valence-corrected chi connectivity index (χ1v) is 8.22. The normalized spacial score (nSPS) is 10.4. The van der Waals surface area contributed by atoms with Crippen LogP contribution in [0, 0.1) is 10.1 Å². The number of methoxy groups -OCH3 is 3. The zero-order chi connectivity index (χ0) is 20.1. The maximum Gasteiger partial charge on any atom is 0.293 e. The molecule has 0 saturated heterocycles. The standard InChI is InChI=1S/C19H22N2O6/c1-11(2)12-6-7-14(15(8-12)21(23)24)20-19(22)13-9-16(25-3)18(27-5)17(10-13)26-4/h6-11H,1-5H3,(H,20,22). The molecule has 0 aromatic heterocycles. The first-order valence-electron chi connectivity index (χ1n) is 8.22. The summed E-state index contributed by atoms with van der Waals surface area (Å²) in [7, 11) is 4.34. The molecule has 0 fully saturated rings. The summed E-state index contributed by atoms with van der Waals surface area (Å²) in [6, 6.07) is 7.71.